The van der Waals surface area contributed by atoms with Crippen LogP contribution >= 0.6 is 11.3 Å². The maximum Gasteiger partial charge on any atom is 0.253 e. The van der Waals surface area contributed by atoms with Gasteiger partial charge < -0.3 is 15.6 Å². The van der Waals surface area contributed by atoms with Crippen LogP contribution in [0.1, 0.15) is 39.5 Å². The van der Waals surface area contributed by atoms with Gasteiger partial charge in [-0.25, -0.2) is 0 Å². The Hall–Kier alpha value is -2.12. The molecule has 2 aromatic rings. The molecule has 0 saturated carbocycles. The third-order valence-corrected chi connectivity index (χ3v) is 5.88. The van der Waals surface area contributed by atoms with Gasteiger partial charge in [-0.15, -0.1) is 11.3 Å². The van der Waals surface area contributed by atoms with E-state index in [0.29, 0.717) is 6.54 Å². The summed E-state index contributed by atoms with van der Waals surface area (Å²) in [6.45, 7) is 6.71. The molecule has 2 amide bonds. The minimum atomic E-state index is -0.300. The van der Waals surface area contributed by atoms with Crippen molar-refractivity contribution in [3.05, 3.63) is 45.4 Å². The molecule has 140 valence electrons. The van der Waals surface area contributed by atoms with E-state index in [1.54, 1.807) is 11.3 Å². The van der Waals surface area contributed by atoms with E-state index in [2.05, 4.69) is 21.3 Å². The zero-order chi connectivity index (χ0) is 18.7. The minimum absolute atomic E-state index is 0.0103. The highest BCUT2D eigenvalue weighted by molar-refractivity contribution is 7.09. The lowest BCUT2D eigenvalue weighted by Crippen LogP contribution is -2.46. The molecule has 2 aromatic heterocycles. The molecule has 0 aliphatic carbocycles. The smallest absolute Gasteiger partial charge is 0.253 e. The van der Waals surface area contributed by atoms with Gasteiger partial charge in [0.05, 0.1) is 18.7 Å². The average molecular weight is 375 g/mol. The number of piperidine rings is 1. The first-order chi connectivity index (χ1) is 12.4. The molecule has 0 radical (unpaired) electrons. The highest BCUT2D eigenvalue weighted by Gasteiger charge is 2.23. The van der Waals surface area contributed by atoms with Crippen LogP contribution in [0.5, 0.6) is 0 Å². The minimum Gasteiger partial charge on any atom is -0.369 e. The zero-order valence-corrected chi connectivity index (χ0v) is 16.1. The molecule has 3 rings (SSSR count). The molecule has 3 N–H and O–H groups in total. The number of hydrogen-bond donors (Lipinski definition) is 2. The molecule has 0 unspecified atom stereocenters. The number of nitrogens with one attached hydrogen (secondary N) is 1. The number of likely N-dealkylation sites (tertiary alicyclic amines) is 1. The van der Waals surface area contributed by atoms with E-state index in [-0.39, 0.29) is 17.9 Å². The van der Waals surface area contributed by atoms with Crippen LogP contribution in [0, 0.1) is 13.8 Å². The van der Waals surface area contributed by atoms with Crippen molar-refractivity contribution in [2.45, 2.75) is 39.3 Å². The van der Waals surface area contributed by atoms with Crippen LogP contribution in [0.2, 0.25) is 0 Å². The Morgan fingerprint density at radius 1 is 1.31 bits per heavy atom. The molecule has 1 saturated heterocycles. The maximum absolute atomic E-state index is 12.8. The molecule has 1 aliphatic rings. The molecular weight excluding hydrogens is 348 g/mol. The number of hydrogen-bond acceptors (Lipinski definition) is 4. The highest BCUT2D eigenvalue weighted by Crippen LogP contribution is 2.20. The normalized spacial score (nSPS) is 15.9. The number of carbonyl (C=O) groups is 2. The van der Waals surface area contributed by atoms with Gasteiger partial charge in [-0.2, -0.15) is 0 Å². The van der Waals surface area contributed by atoms with Crippen LogP contribution < -0.4 is 11.1 Å². The Morgan fingerprint density at radius 2 is 2.04 bits per heavy atom. The number of aryl methyl sites for hydroxylation is 1. The molecule has 0 bridgehead atoms. The second-order valence-corrected chi connectivity index (χ2v) is 7.97. The third-order valence-electron chi connectivity index (χ3n) is 5.01. The third kappa shape index (κ3) is 4.34. The summed E-state index contributed by atoms with van der Waals surface area (Å²) >= 11 is 1.73. The summed E-state index contributed by atoms with van der Waals surface area (Å²) in [6, 6.07) is 6.28. The van der Waals surface area contributed by atoms with Gasteiger partial charge in [0.1, 0.15) is 0 Å². The van der Waals surface area contributed by atoms with Gasteiger partial charge in [0, 0.05) is 35.4 Å². The molecule has 26 heavy (non-hydrogen) atoms. The summed E-state index contributed by atoms with van der Waals surface area (Å²) in [7, 11) is 0. The second kappa shape index (κ2) is 8.05. The van der Waals surface area contributed by atoms with Crippen molar-refractivity contribution in [1.82, 2.24) is 14.8 Å². The molecule has 0 spiro atoms. The highest BCUT2D eigenvalue weighted by atomic mass is 32.1. The summed E-state index contributed by atoms with van der Waals surface area (Å²) in [5.74, 6) is -0.311. The Bertz CT molecular complexity index is 774. The van der Waals surface area contributed by atoms with Gasteiger partial charge in [-0.1, -0.05) is 6.07 Å². The Labute approximate surface area is 158 Å². The lowest BCUT2D eigenvalue weighted by molar-refractivity contribution is -0.119. The lowest BCUT2D eigenvalue weighted by Gasteiger charge is -2.31. The predicted octanol–water partition coefficient (Wildman–Crippen LogP) is 1.89. The van der Waals surface area contributed by atoms with Crippen molar-refractivity contribution in [2.75, 3.05) is 19.6 Å². The van der Waals surface area contributed by atoms with Crippen LogP contribution in [0.3, 0.4) is 0 Å². The van der Waals surface area contributed by atoms with Crippen LogP contribution in [-0.2, 0) is 11.3 Å². The topological polar surface area (TPSA) is 80.4 Å². The van der Waals surface area contributed by atoms with Crippen molar-refractivity contribution < 1.29 is 9.59 Å². The van der Waals surface area contributed by atoms with Crippen LogP contribution in [0.25, 0.3) is 0 Å². The summed E-state index contributed by atoms with van der Waals surface area (Å²) < 4.78 is 2.19. The Balaban J connectivity index is 1.61. The Morgan fingerprint density at radius 3 is 2.65 bits per heavy atom. The maximum atomic E-state index is 12.8. The van der Waals surface area contributed by atoms with E-state index >= 15 is 0 Å². The number of rotatable bonds is 6. The van der Waals surface area contributed by atoms with Crippen molar-refractivity contribution in [3.8, 4) is 0 Å². The van der Waals surface area contributed by atoms with Gasteiger partial charge in [0.15, 0.2) is 0 Å². The molecule has 6 nitrogen and oxygen atoms in total. The summed E-state index contributed by atoms with van der Waals surface area (Å²) in [5, 5.41) is 5.23. The fourth-order valence-corrected chi connectivity index (χ4v) is 4.24. The average Bonchev–Trinajstić information content (AvgIpc) is 3.20. The fourth-order valence-electron chi connectivity index (χ4n) is 3.55. The monoisotopic (exact) mass is 374 g/mol. The molecule has 3 heterocycles. The number of nitrogens with two attached hydrogens (primary N) is 1. The second-order valence-electron chi connectivity index (χ2n) is 6.94. The molecule has 7 heteroatoms. The quantitative estimate of drug-likeness (QED) is 0.810. The van der Waals surface area contributed by atoms with Crippen molar-refractivity contribution in [3.63, 3.8) is 0 Å². The molecule has 0 aromatic carbocycles. The van der Waals surface area contributed by atoms with Crippen molar-refractivity contribution in [2.24, 2.45) is 5.73 Å². The van der Waals surface area contributed by atoms with Crippen LogP contribution in [0.15, 0.2) is 23.6 Å². The van der Waals surface area contributed by atoms with Crippen molar-refractivity contribution >= 4 is 23.2 Å². The first-order valence-electron chi connectivity index (χ1n) is 8.94. The van der Waals surface area contributed by atoms with Gasteiger partial charge in [-0.05, 0) is 44.2 Å². The lowest BCUT2D eigenvalue weighted by atomic mass is 10.0. The van der Waals surface area contributed by atoms with Gasteiger partial charge in [0.25, 0.3) is 5.91 Å². The number of aromatic nitrogens is 1. The first kappa shape index (κ1) is 18.7. The standard InChI is InChI=1S/C19H26N4O2S/c1-13-10-17(14(2)23(13)11-16-4-3-9-26-16)19(25)21-15-5-7-22(8-6-15)12-18(20)24/h3-4,9-10,15H,5-8,11-12H2,1-2H3,(H2,20,24)(H,21,25). The number of thiophene rings is 1. The van der Waals surface area contributed by atoms with E-state index < -0.39 is 0 Å². The van der Waals surface area contributed by atoms with E-state index in [4.69, 9.17) is 5.73 Å². The fraction of sp³-hybridized carbons (Fsp3) is 0.474. The molecular formula is C19H26N4O2S. The number of carbonyl (C=O) groups excluding carboxylic acids is 2. The van der Waals surface area contributed by atoms with E-state index in [9.17, 15) is 9.59 Å². The van der Waals surface area contributed by atoms with Gasteiger partial charge >= 0.3 is 0 Å². The van der Waals surface area contributed by atoms with E-state index in [0.717, 1.165) is 49.4 Å². The number of nitrogens with zero attached hydrogens (tertiary/aromatic N) is 2. The Kier molecular flexibility index (Phi) is 5.78. The van der Waals surface area contributed by atoms with Crippen LogP contribution in [0.4, 0.5) is 0 Å². The summed E-state index contributed by atoms with van der Waals surface area (Å²) in [6.07, 6.45) is 1.68. The predicted molar refractivity (Wildman–Crippen MR) is 103 cm³/mol. The van der Waals surface area contributed by atoms with Gasteiger partial charge in [0.2, 0.25) is 5.91 Å². The molecule has 1 fully saturated rings. The molecule has 1 aliphatic heterocycles. The summed E-state index contributed by atoms with van der Waals surface area (Å²) in [4.78, 5) is 27.1. The molecule has 0 atom stereocenters. The number of amides is 2. The number of primary amides is 1. The largest absolute Gasteiger partial charge is 0.369 e. The van der Waals surface area contributed by atoms with Crippen LogP contribution in [-0.4, -0.2) is 47.0 Å². The van der Waals surface area contributed by atoms with E-state index in [1.807, 2.05) is 30.9 Å². The van der Waals surface area contributed by atoms with Gasteiger partial charge in [-0.3, -0.25) is 14.5 Å². The summed E-state index contributed by atoms with van der Waals surface area (Å²) in [5.41, 5.74) is 8.09. The first-order valence-corrected chi connectivity index (χ1v) is 9.82. The van der Waals surface area contributed by atoms with Crippen molar-refractivity contribution in [1.29, 1.82) is 0 Å². The SMILES string of the molecule is Cc1cc(C(=O)NC2CCN(CC(N)=O)CC2)c(C)n1Cc1cccs1. The van der Waals surface area contributed by atoms with E-state index in [1.165, 1.54) is 4.88 Å². The zero-order valence-electron chi connectivity index (χ0n) is 15.3.